The van der Waals surface area contributed by atoms with Gasteiger partial charge in [-0.2, -0.15) is 0 Å². The van der Waals surface area contributed by atoms with E-state index < -0.39 is 0 Å². The maximum atomic E-state index is 5.99. The van der Waals surface area contributed by atoms with Crippen molar-refractivity contribution in [2.45, 2.75) is 12.8 Å². The van der Waals surface area contributed by atoms with Gasteiger partial charge in [0.15, 0.2) is 0 Å². The molecule has 1 aromatic carbocycles. The normalized spacial score (nSPS) is 11.0. The summed E-state index contributed by atoms with van der Waals surface area (Å²) in [4.78, 5) is 2.18. The van der Waals surface area contributed by atoms with Gasteiger partial charge in [-0.15, -0.1) is 0 Å². The number of benzene rings is 1. The Morgan fingerprint density at radius 3 is 2.53 bits per heavy atom. The summed E-state index contributed by atoms with van der Waals surface area (Å²) in [6.45, 7) is 1.09. The predicted octanol–water partition coefficient (Wildman–Crippen LogP) is 3.29. The lowest BCUT2D eigenvalue weighted by Gasteiger charge is -2.11. The number of nitrogen functional groups attached to an aromatic ring is 1. The molecule has 4 heteroatoms. The fraction of sp³-hybridized carbons (Fsp3) is 0.455. The highest BCUT2D eigenvalue weighted by molar-refractivity contribution is 9.11. The number of aryl methyl sites for hydroxylation is 1. The fourth-order valence-corrected chi connectivity index (χ4v) is 2.74. The molecular weight excluding hydrogens is 320 g/mol. The summed E-state index contributed by atoms with van der Waals surface area (Å²) in [6, 6.07) is 4.07. The maximum Gasteiger partial charge on any atom is 0.0491 e. The van der Waals surface area contributed by atoms with Gasteiger partial charge in [-0.1, -0.05) is 15.9 Å². The zero-order valence-corrected chi connectivity index (χ0v) is 12.2. The van der Waals surface area contributed by atoms with Crippen molar-refractivity contribution in [1.82, 2.24) is 4.90 Å². The predicted molar refractivity (Wildman–Crippen MR) is 73.1 cm³/mol. The van der Waals surface area contributed by atoms with Crippen LogP contribution in [0.1, 0.15) is 12.0 Å². The van der Waals surface area contributed by atoms with Gasteiger partial charge in [0.25, 0.3) is 0 Å². The van der Waals surface area contributed by atoms with Crippen LogP contribution in [0, 0.1) is 0 Å². The third kappa shape index (κ3) is 4.13. The molecule has 2 nitrogen and oxygen atoms in total. The molecule has 0 fully saturated rings. The Labute approximate surface area is 108 Å². The Balaban J connectivity index is 2.68. The summed E-state index contributed by atoms with van der Waals surface area (Å²) < 4.78 is 2.04. The number of anilines is 1. The van der Waals surface area contributed by atoms with E-state index in [9.17, 15) is 0 Å². The fourth-order valence-electron chi connectivity index (χ4n) is 1.43. The van der Waals surface area contributed by atoms with Crippen molar-refractivity contribution in [2.75, 3.05) is 26.4 Å². The van der Waals surface area contributed by atoms with E-state index in [-0.39, 0.29) is 0 Å². The smallest absolute Gasteiger partial charge is 0.0491 e. The average molecular weight is 336 g/mol. The monoisotopic (exact) mass is 334 g/mol. The molecule has 0 saturated heterocycles. The molecule has 0 heterocycles. The third-order valence-corrected chi connectivity index (χ3v) is 3.35. The van der Waals surface area contributed by atoms with Crippen LogP contribution in [0.3, 0.4) is 0 Å². The summed E-state index contributed by atoms with van der Waals surface area (Å²) >= 11 is 6.92. The highest BCUT2D eigenvalue weighted by Crippen LogP contribution is 2.28. The van der Waals surface area contributed by atoms with Gasteiger partial charge in [0.1, 0.15) is 0 Å². The van der Waals surface area contributed by atoms with Gasteiger partial charge < -0.3 is 10.6 Å². The summed E-state index contributed by atoms with van der Waals surface area (Å²) in [6.07, 6.45) is 2.14. The number of nitrogens with zero attached hydrogens (tertiary/aromatic N) is 1. The van der Waals surface area contributed by atoms with Gasteiger partial charge >= 0.3 is 0 Å². The van der Waals surface area contributed by atoms with Crippen molar-refractivity contribution in [1.29, 1.82) is 0 Å². The van der Waals surface area contributed by atoms with Crippen LogP contribution in [0.2, 0.25) is 0 Å². The van der Waals surface area contributed by atoms with E-state index in [1.165, 1.54) is 5.56 Å². The van der Waals surface area contributed by atoms with Gasteiger partial charge in [0.05, 0.1) is 0 Å². The van der Waals surface area contributed by atoms with Gasteiger partial charge in [-0.25, -0.2) is 0 Å². The topological polar surface area (TPSA) is 29.3 Å². The van der Waals surface area contributed by atoms with Crippen LogP contribution >= 0.6 is 31.9 Å². The average Bonchev–Trinajstić information content (AvgIpc) is 2.12. The lowest BCUT2D eigenvalue weighted by molar-refractivity contribution is 0.400. The summed E-state index contributed by atoms with van der Waals surface area (Å²) in [5.41, 5.74) is 8.05. The van der Waals surface area contributed by atoms with Crippen molar-refractivity contribution in [2.24, 2.45) is 0 Å². The first-order valence-corrected chi connectivity index (χ1v) is 6.47. The number of rotatable bonds is 4. The molecule has 0 radical (unpaired) electrons. The maximum absolute atomic E-state index is 5.99. The van der Waals surface area contributed by atoms with Crippen molar-refractivity contribution >= 4 is 37.5 Å². The number of halogens is 2. The van der Waals surface area contributed by atoms with Crippen LogP contribution in [-0.4, -0.2) is 25.5 Å². The molecule has 0 bridgehead atoms. The molecule has 0 aliphatic heterocycles. The number of hydrogen-bond donors (Lipinski definition) is 1. The van der Waals surface area contributed by atoms with Gasteiger partial charge in [-0.05, 0) is 67.1 Å². The molecule has 0 atom stereocenters. The van der Waals surface area contributed by atoms with Crippen LogP contribution < -0.4 is 5.73 Å². The first-order valence-electron chi connectivity index (χ1n) is 4.89. The first-order chi connectivity index (χ1) is 7.00. The Hall–Kier alpha value is -0.0600. The SMILES string of the molecule is CN(C)CCCc1cc(Br)cc(Br)c1N. The second kappa shape index (κ2) is 5.87. The lowest BCUT2D eigenvalue weighted by atomic mass is 10.1. The van der Waals surface area contributed by atoms with Gasteiger partial charge in [-0.3, -0.25) is 0 Å². The van der Waals surface area contributed by atoms with Crippen LogP contribution in [0.15, 0.2) is 21.1 Å². The molecule has 1 aromatic rings. The summed E-state index contributed by atoms with van der Waals surface area (Å²) in [5.74, 6) is 0. The molecule has 0 unspecified atom stereocenters. The highest BCUT2D eigenvalue weighted by atomic mass is 79.9. The van der Waals surface area contributed by atoms with Crippen molar-refractivity contribution in [3.63, 3.8) is 0 Å². The Bertz CT molecular complexity index is 338. The van der Waals surface area contributed by atoms with E-state index in [1.807, 2.05) is 6.07 Å². The van der Waals surface area contributed by atoms with E-state index in [2.05, 4.69) is 56.9 Å². The van der Waals surface area contributed by atoms with E-state index in [1.54, 1.807) is 0 Å². The quantitative estimate of drug-likeness (QED) is 0.855. The van der Waals surface area contributed by atoms with E-state index >= 15 is 0 Å². The van der Waals surface area contributed by atoms with E-state index in [0.29, 0.717) is 0 Å². The van der Waals surface area contributed by atoms with Gasteiger partial charge in [0.2, 0.25) is 0 Å². The third-order valence-electron chi connectivity index (χ3n) is 2.23. The summed E-state index contributed by atoms with van der Waals surface area (Å²) in [5, 5.41) is 0. The number of hydrogen-bond acceptors (Lipinski definition) is 2. The Morgan fingerprint density at radius 1 is 1.27 bits per heavy atom. The van der Waals surface area contributed by atoms with Crippen molar-refractivity contribution in [3.8, 4) is 0 Å². The number of nitrogens with two attached hydrogens (primary N) is 1. The molecule has 84 valence electrons. The molecule has 15 heavy (non-hydrogen) atoms. The second-order valence-electron chi connectivity index (χ2n) is 3.87. The zero-order valence-electron chi connectivity index (χ0n) is 9.06. The molecule has 0 aliphatic carbocycles. The zero-order chi connectivity index (χ0) is 11.4. The van der Waals surface area contributed by atoms with Crippen molar-refractivity contribution in [3.05, 3.63) is 26.6 Å². The largest absolute Gasteiger partial charge is 0.398 e. The summed E-state index contributed by atoms with van der Waals surface area (Å²) in [7, 11) is 4.17. The second-order valence-corrected chi connectivity index (χ2v) is 5.64. The lowest BCUT2D eigenvalue weighted by Crippen LogP contribution is -2.13. The van der Waals surface area contributed by atoms with E-state index in [0.717, 1.165) is 34.0 Å². The highest BCUT2D eigenvalue weighted by Gasteiger charge is 2.05. The molecule has 2 N–H and O–H groups in total. The molecule has 0 spiro atoms. The Kier molecular flexibility index (Phi) is 5.09. The minimum Gasteiger partial charge on any atom is -0.398 e. The molecule has 1 rings (SSSR count). The minimum atomic E-state index is 0.858. The minimum absolute atomic E-state index is 0.858. The molecule has 0 saturated carbocycles. The molecule has 0 aromatic heterocycles. The Morgan fingerprint density at radius 2 is 1.93 bits per heavy atom. The van der Waals surface area contributed by atoms with Crippen LogP contribution in [0.4, 0.5) is 5.69 Å². The standard InChI is InChI=1S/C11H16Br2N2/c1-15(2)5-3-4-8-6-9(12)7-10(13)11(8)14/h6-7H,3-5,14H2,1-2H3. The van der Waals surface area contributed by atoms with Crippen molar-refractivity contribution < 1.29 is 0 Å². The molecule has 0 amide bonds. The first kappa shape index (κ1) is 13.0. The van der Waals surface area contributed by atoms with Crippen LogP contribution in [0.5, 0.6) is 0 Å². The van der Waals surface area contributed by atoms with Crippen LogP contribution in [0.25, 0.3) is 0 Å². The molecule has 0 aliphatic rings. The van der Waals surface area contributed by atoms with E-state index in [4.69, 9.17) is 5.73 Å². The van der Waals surface area contributed by atoms with Crippen LogP contribution in [-0.2, 0) is 6.42 Å². The van der Waals surface area contributed by atoms with Gasteiger partial charge in [0, 0.05) is 14.6 Å². The molecular formula is C11H16Br2N2.